The summed E-state index contributed by atoms with van der Waals surface area (Å²) in [5, 5.41) is 3.25. The van der Waals surface area contributed by atoms with Gasteiger partial charge in [0, 0.05) is 37.0 Å². The van der Waals surface area contributed by atoms with Crippen LogP contribution in [0, 0.1) is 5.82 Å². The van der Waals surface area contributed by atoms with Gasteiger partial charge in [-0.3, -0.25) is 9.69 Å². The zero-order valence-corrected chi connectivity index (χ0v) is 17.4. The minimum absolute atomic E-state index is 0.208. The summed E-state index contributed by atoms with van der Waals surface area (Å²) in [6.07, 6.45) is 3.91. The standard InChI is InChI=1S/C20H19FN6O3S/c1-12(28)24-9-15-10-27(20(29)30-15)14-3-4-16(17(21)7-14)18-25-8-13(26-18)11-31-19-22-5-2-6-23-19/h2-8,15H,9-11H2,1H3,(H,24,28)(H,25,26)/t15-/m0/s1. The number of nitrogens with zero attached hydrogens (tertiary/aromatic N) is 4. The largest absolute Gasteiger partial charge is 0.442 e. The van der Waals surface area contributed by atoms with Crippen LogP contribution in [0.2, 0.25) is 0 Å². The Bertz CT molecular complexity index is 1090. The van der Waals surface area contributed by atoms with Crippen LogP contribution in [-0.4, -0.2) is 51.1 Å². The van der Waals surface area contributed by atoms with Gasteiger partial charge in [-0.1, -0.05) is 11.8 Å². The van der Waals surface area contributed by atoms with Gasteiger partial charge in [-0.25, -0.2) is 24.1 Å². The highest BCUT2D eigenvalue weighted by Crippen LogP contribution is 2.28. The van der Waals surface area contributed by atoms with E-state index in [4.69, 9.17) is 4.74 Å². The number of cyclic esters (lactones) is 1. The SMILES string of the molecule is CC(=O)NC[C@H]1CN(c2ccc(-c3ncc(CSc4ncccn4)[nH]3)c(F)c2)C(=O)O1. The molecule has 0 aliphatic carbocycles. The Balaban J connectivity index is 1.43. The van der Waals surface area contributed by atoms with E-state index in [1.807, 2.05) is 0 Å². The average Bonchev–Trinajstić information content (AvgIpc) is 3.38. The van der Waals surface area contributed by atoms with E-state index in [-0.39, 0.29) is 19.0 Å². The molecule has 4 rings (SSSR count). The second-order valence-corrected chi connectivity index (χ2v) is 7.74. The molecule has 1 aliphatic heterocycles. The lowest BCUT2D eigenvalue weighted by Gasteiger charge is -2.14. The average molecular weight is 442 g/mol. The number of H-pyrrole nitrogens is 1. The number of thioether (sulfide) groups is 1. The van der Waals surface area contributed by atoms with Gasteiger partial charge in [0.25, 0.3) is 0 Å². The second-order valence-electron chi connectivity index (χ2n) is 6.79. The molecule has 3 heterocycles. The van der Waals surface area contributed by atoms with Gasteiger partial charge in [0.2, 0.25) is 5.91 Å². The first-order valence-corrected chi connectivity index (χ1v) is 10.4. The number of halogens is 1. The van der Waals surface area contributed by atoms with Crippen LogP contribution in [0.15, 0.2) is 48.0 Å². The molecular weight excluding hydrogens is 423 g/mol. The Morgan fingerprint density at radius 3 is 2.90 bits per heavy atom. The van der Waals surface area contributed by atoms with Crippen LogP contribution < -0.4 is 10.2 Å². The van der Waals surface area contributed by atoms with Gasteiger partial charge in [0.05, 0.1) is 24.3 Å². The molecule has 160 valence electrons. The van der Waals surface area contributed by atoms with Crippen LogP contribution in [0.4, 0.5) is 14.9 Å². The maximum Gasteiger partial charge on any atom is 0.414 e. The molecule has 1 aliphatic rings. The summed E-state index contributed by atoms with van der Waals surface area (Å²) in [5.74, 6) is 0.223. The number of aromatic nitrogens is 4. The van der Waals surface area contributed by atoms with Crippen molar-refractivity contribution in [3.63, 3.8) is 0 Å². The van der Waals surface area contributed by atoms with E-state index >= 15 is 0 Å². The van der Waals surface area contributed by atoms with Crippen molar-refractivity contribution in [1.29, 1.82) is 0 Å². The molecule has 11 heteroatoms. The summed E-state index contributed by atoms with van der Waals surface area (Å²) >= 11 is 1.44. The van der Waals surface area contributed by atoms with Crippen molar-refractivity contribution < 1.29 is 18.7 Å². The lowest BCUT2D eigenvalue weighted by atomic mass is 10.1. The third kappa shape index (κ3) is 5.00. The van der Waals surface area contributed by atoms with Crippen LogP contribution in [0.25, 0.3) is 11.4 Å². The first-order chi connectivity index (χ1) is 15.0. The third-order valence-corrected chi connectivity index (χ3v) is 5.42. The highest BCUT2D eigenvalue weighted by Gasteiger charge is 2.32. The maximum atomic E-state index is 14.8. The molecule has 1 fully saturated rings. The van der Waals surface area contributed by atoms with Crippen molar-refractivity contribution in [2.75, 3.05) is 18.0 Å². The minimum Gasteiger partial charge on any atom is -0.442 e. The van der Waals surface area contributed by atoms with Crippen molar-refractivity contribution >= 4 is 29.4 Å². The number of ether oxygens (including phenoxy) is 1. The fraction of sp³-hybridized carbons (Fsp3) is 0.250. The quantitative estimate of drug-likeness (QED) is 0.427. The number of imidazole rings is 1. The molecular formula is C20H19FN6O3S. The molecule has 0 unspecified atom stereocenters. The summed E-state index contributed by atoms with van der Waals surface area (Å²) in [4.78, 5) is 40.1. The number of nitrogens with one attached hydrogen (secondary N) is 2. The van der Waals surface area contributed by atoms with Gasteiger partial charge >= 0.3 is 6.09 Å². The predicted molar refractivity (Wildman–Crippen MR) is 112 cm³/mol. The van der Waals surface area contributed by atoms with Crippen molar-refractivity contribution in [2.45, 2.75) is 23.9 Å². The number of carbonyl (C=O) groups is 2. The number of anilines is 1. The molecule has 0 bridgehead atoms. The third-order valence-electron chi connectivity index (χ3n) is 4.50. The Hall–Kier alpha value is -3.47. The molecule has 1 atom stereocenters. The summed E-state index contributed by atoms with van der Waals surface area (Å²) < 4.78 is 20.0. The molecule has 2 amide bonds. The monoisotopic (exact) mass is 442 g/mol. The summed E-state index contributed by atoms with van der Waals surface area (Å²) in [5.41, 5.74) is 1.47. The Morgan fingerprint density at radius 1 is 1.35 bits per heavy atom. The van der Waals surface area contributed by atoms with Gasteiger partial charge < -0.3 is 15.0 Å². The highest BCUT2D eigenvalue weighted by molar-refractivity contribution is 7.98. The highest BCUT2D eigenvalue weighted by atomic mass is 32.2. The lowest BCUT2D eigenvalue weighted by Crippen LogP contribution is -2.33. The number of hydrogen-bond donors (Lipinski definition) is 2. The summed E-state index contributed by atoms with van der Waals surface area (Å²) in [6, 6.07) is 6.21. The van der Waals surface area contributed by atoms with Crippen molar-refractivity contribution in [3.05, 3.63) is 54.4 Å². The number of aromatic amines is 1. The molecule has 1 aromatic carbocycles. The first kappa shape index (κ1) is 20.8. The molecule has 9 nitrogen and oxygen atoms in total. The fourth-order valence-electron chi connectivity index (χ4n) is 3.03. The number of carbonyl (C=O) groups excluding carboxylic acids is 2. The maximum absolute atomic E-state index is 14.8. The van der Waals surface area contributed by atoms with Crippen LogP contribution in [-0.2, 0) is 15.3 Å². The van der Waals surface area contributed by atoms with Crippen LogP contribution in [0.3, 0.4) is 0 Å². The number of benzene rings is 1. The van der Waals surface area contributed by atoms with Gasteiger partial charge in [-0.2, -0.15) is 0 Å². The van der Waals surface area contributed by atoms with E-state index in [2.05, 4.69) is 25.3 Å². The summed E-state index contributed by atoms with van der Waals surface area (Å²) in [6.45, 7) is 1.82. The second kappa shape index (κ2) is 9.13. The van der Waals surface area contributed by atoms with Crippen LogP contribution >= 0.6 is 11.8 Å². The van der Waals surface area contributed by atoms with Crippen LogP contribution in [0.1, 0.15) is 12.6 Å². The van der Waals surface area contributed by atoms with E-state index < -0.39 is 18.0 Å². The van der Waals surface area contributed by atoms with Crippen molar-refractivity contribution in [2.24, 2.45) is 0 Å². The minimum atomic E-state index is -0.581. The molecule has 31 heavy (non-hydrogen) atoms. The van der Waals surface area contributed by atoms with Gasteiger partial charge in [0.15, 0.2) is 5.16 Å². The van der Waals surface area contributed by atoms with E-state index in [1.165, 1.54) is 29.7 Å². The normalized spacial score (nSPS) is 15.7. The van der Waals surface area contributed by atoms with Gasteiger partial charge in [0.1, 0.15) is 17.7 Å². The van der Waals surface area contributed by atoms with E-state index in [1.54, 1.807) is 36.8 Å². The zero-order chi connectivity index (χ0) is 21.8. The van der Waals surface area contributed by atoms with E-state index in [9.17, 15) is 14.0 Å². The topological polar surface area (TPSA) is 113 Å². The molecule has 2 aromatic heterocycles. The molecule has 0 saturated carbocycles. The van der Waals surface area contributed by atoms with E-state index in [0.29, 0.717) is 28.0 Å². The smallest absolute Gasteiger partial charge is 0.414 e. The van der Waals surface area contributed by atoms with Crippen molar-refractivity contribution in [3.8, 4) is 11.4 Å². The first-order valence-electron chi connectivity index (χ1n) is 9.46. The molecule has 0 spiro atoms. The fourth-order valence-corrected chi connectivity index (χ4v) is 3.73. The molecule has 0 radical (unpaired) electrons. The molecule has 1 saturated heterocycles. The van der Waals surface area contributed by atoms with Crippen LogP contribution in [0.5, 0.6) is 0 Å². The van der Waals surface area contributed by atoms with Crippen molar-refractivity contribution in [1.82, 2.24) is 25.3 Å². The summed E-state index contributed by atoms with van der Waals surface area (Å²) in [7, 11) is 0. The Kier molecular flexibility index (Phi) is 6.12. The molecule has 3 aromatic rings. The van der Waals surface area contributed by atoms with Gasteiger partial charge in [-0.05, 0) is 24.3 Å². The molecule has 2 N–H and O–H groups in total. The van der Waals surface area contributed by atoms with Gasteiger partial charge in [-0.15, -0.1) is 0 Å². The number of hydrogen-bond acceptors (Lipinski definition) is 7. The lowest BCUT2D eigenvalue weighted by molar-refractivity contribution is -0.119. The van der Waals surface area contributed by atoms with E-state index in [0.717, 1.165) is 5.69 Å². The Morgan fingerprint density at radius 2 is 2.16 bits per heavy atom. The predicted octanol–water partition coefficient (Wildman–Crippen LogP) is 2.76. The zero-order valence-electron chi connectivity index (χ0n) is 16.5. The number of rotatable bonds is 7. The number of amides is 2. The Labute approximate surface area is 181 Å².